The molecule has 446 valence electrons. The van der Waals surface area contributed by atoms with Crippen LogP contribution in [0.15, 0.2) is 91.4 Å². The van der Waals surface area contributed by atoms with Crippen molar-refractivity contribution < 1.29 is 110 Å². The van der Waals surface area contributed by atoms with Gasteiger partial charge >= 0.3 is 53.7 Å². The Hall–Kier alpha value is -8.97. The van der Waals surface area contributed by atoms with Gasteiger partial charge in [-0.05, 0) is 89.2 Å². The molecule has 12 atom stereocenters. The van der Waals surface area contributed by atoms with Crippen LogP contribution in [0.4, 0.5) is 0 Å². The number of hydrogen-bond donors (Lipinski definition) is 1. The summed E-state index contributed by atoms with van der Waals surface area (Å²) >= 11 is 0. The molecule has 2 aliphatic heterocycles. The minimum Gasteiger partial charge on any atom is -0.493 e. The van der Waals surface area contributed by atoms with Crippen molar-refractivity contribution in [1.29, 1.82) is 0 Å². The number of carbonyl (C=O) groups is 9. The smallest absolute Gasteiger partial charge is 0.350 e. The number of hydrogen-bond acceptors (Lipinski definition) is 25. The molecular weight excluding hydrogens is 1100 g/mol. The standard InChI is InChI=1S/C59H62N2O23/c1-30-21-22-38-37(20-16-24-61-38)53(69)75-28-56(7)41-43(79-52(68)36-25-39(72-9)42(74-11)40(26-36)73-10)47(82-54(70)55(5,6)83-33(4)64)58(29-76-50(66)35-19-15-23-60-27-35)48(78-32(3)63)44(80-51(67)34-17-13-12-14-18-34)46(81-49(30)65)57(8,71)59(58,84-56)45(41)77-31(2)62/h12-27,30,41,43-48,71H,28-29H2,1-11H3/b22-21-. The first-order valence-corrected chi connectivity index (χ1v) is 26.2. The van der Waals surface area contributed by atoms with Crippen LogP contribution in [0.25, 0.3) is 6.08 Å². The molecule has 2 saturated carbocycles. The van der Waals surface area contributed by atoms with E-state index in [1.54, 1.807) is 6.07 Å². The third-order valence-corrected chi connectivity index (χ3v) is 15.2. The molecular formula is C59H62N2O23. The SMILES string of the molecule is COc1cc(C(=O)OC2C3C(OC(C)=O)C45OC3(C)COC(=O)c3cccnc3/C=C\C(C)C(=O)OC(C(OC(=O)c3ccccc3)C(OC(C)=O)C4(COC(=O)c3cccnc3)C2OC(=O)C(C)(C)OC(C)=O)C5(C)O)cc(OC)c1OC. The number of aromatic nitrogens is 2. The molecule has 25 nitrogen and oxygen atoms in total. The van der Waals surface area contributed by atoms with Crippen LogP contribution in [0, 0.1) is 17.3 Å². The average molecular weight is 1170 g/mol. The van der Waals surface area contributed by atoms with Crippen LogP contribution in [0.5, 0.6) is 17.2 Å². The highest BCUT2D eigenvalue weighted by atomic mass is 16.7. The van der Waals surface area contributed by atoms with Gasteiger partial charge in [-0.3, -0.25) is 29.1 Å². The van der Waals surface area contributed by atoms with Crippen LogP contribution in [0.3, 0.4) is 0 Å². The van der Waals surface area contributed by atoms with E-state index in [9.17, 15) is 38.7 Å². The Balaban J connectivity index is 1.55. The van der Waals surface area contributed by atoms with Gasteiger partial charge in [-0.15, -0.1) is 0 Å². The minimum atomic E-state index is -3.14. The highest BCUT2D eigenvalue weighted by Crippen LogP contribution is 2.70. The topological polar surface area (TPSA) is 320 Å². The summed E-state index contributed by atoms with van der Waals surface area (Å²) in [6, 6.07) is 15.1. The van der Waals surface area contributed by atoms with Crippen LogP contribution < -0.4 is 14.2 Å². The number of cyclic esters (lactones) is 1. The van der Waals surface area contributed by atoms with Gasteiger partial charge in [0.2, 0.25) is 11.4 Å². The lowest BCUT2D eigenvalue weighted by molar-refractivity contribution is -0.385. The number of nitrogens with zero attached hydrogens (tertiary/aromatic N) is 2. The molecule has 1 spiro atoms. The largest absolute Gasteiger partial charge is 0.493 e. The Bertz CT molecular complexity index is 3250. The number of ether oxygens (including phenoxy) is 13. The van der Waals surface area contributed by atoms with E-state index in [4.69, 9.17) is 61.6 Å². The summed E-state index contributed by atoms with van der Waals surface area (Å²) in [7, 11) is 3.83. The summed E-state index contributed by atoms with van der Waals surface area (Å²) in [5, 5.41) is 14.3. The Morgan fingerprint density at radius 2 is 1.32 bits per heavy atom. The number of esters is 9. The average Bonchev–Trinajstić information content (AvgIpc) is 1.35. The number of benzene rings is 2. The summed E-state index contributed by atoms with van der Waals surface area (Å²) in [5.41, 5.74) is -14.9. The molecule has 12 unspecified atom stereocenters. The highest BCUT2D eigenvalue weighted by molar-refractivity contribution is 5.94. The van der Waals surface area contributed by atoms with Crippen LogP contribution in [-0.4, -0.2) is 162 Å². The molecule has 2 aliphatic carbocycles. The maximum Gasteiger partial charge on any atom is 0.350 e. The van der Waals surface area contributed by atoms with Gasteiger partial charge in [-0.25, -0.2) is 24.0 Å². The molecule has 4 aliphatic rings. The Morgan fingerprint density at radius 3 is 1.93 bits per heavy atom. The van der Waals surface area contributed by atoms with Crippen molar-refractivity contribution in [2.75, 3.05) is 34.5 Å². The number of aliphatic hydroxyl groups is 1. The minimum absolute atomic E-state index is 0.00561. The fraction of sp³-hybridized carbons (Fsp3) is 0.441. The molecule has 4 bridgehead atoms. The first kappa shape index (κ1) is 61.1. The van der Waals surface area contributed by atoms with E-state index >= 15 is 9.59 Å². The van der Waals surface area contributed by atoms with Gasteiger partial charge in [-0.1, -0.05) is 24.3 Å². The second-order valence-electron chi connectivity index (χ2n) is 21.2. The van der Waals surface area contributed by atoms with Gasteiger partial charge in [0, 0.05) is 39.4 Å². The summed E-state index contributed by atoms with van der Waals surface area (Å²) in [5.74, 6) is -14.1. The van der Waals surface area contributed by atoms with Crippen LogP contribution in [-0.2, 0) is 71.3 Å². The lowest BCUT2D eigenvalue weighted by Gasteiger charge is -2.67. The zero-order valence-electron chi connectivity index (χ0n) is 47.6. The summed E-state index contributed by atoms with van der Waals surface area (Å²) in [4.78, 5) is 139. The molecule has 1 saturated heterocycles. The van der Waals surface area contributed by atoms with E-state index in [0.29, 0.717) is 0 Å². The Labute approximate surface area is 481 Å². The third-order valence-electron chi connectivity index (χ3n) is 15.2. The fourth-order valence-corrected chi connectivity index (χ4v) is 11.7. The lowest BCUT2D eigenvalue weighted by atomic mass is 9.45. The predicted molar refractivity (Wildman–Crippen MR) is 284 cm³/mol. The normalized spacial score (nSPS) is 29.0. The molecule has 84 heavy (non-hydrogen) atoms. The zero-order valence-corrected chi connectivity index (χ0v) is 47.6. The Kier molecular flexibility index (Phi) is 17.3. The number of carbonyl (C=O) groups excluding carboxylic acids is 9. The second kappa shape index (κ2) is 23.7. The zero-order chi connectivity index (χ0) is 61.3. The van der Waals surface area contributed by atoms with Gasteiger partial charge in [0.25, 0.3) is 0 Å². The molecule has 3 fully saturated rings. The van der Waals surface area contributed by atoms with Crippen LogP contribution in [0.1, 0.15) is 103 Å². The molecule has 8 rings (SSSR count). The summed E-state index contributed by atoms with van der Waals surface area (Å²) < 4.78 is 80.5. The van der Waals surface area contributed by atoms with Crippen molar-refractivity contribution in [3.05, 3.63) is 119 Å². The Morgan fingerprint density at radius 1 is 0.714 bits per heavy atom. The predicted octanol–water partition coefficient (Wildman–Crippen LogP) is 4.57. The lowest BCUT2D eigenvalue weighted by Crippen LogP contribution is -2.89. The highest BCUT2D eigenvalue weighted by Gasteiger charge is 2.92. The summed E-state index contributed by atoms with van der Waals surface area (Å²) in [6.45, 7) is 6.47. The molecule has 0 radical (unpaired) electrons. The molecule has 25 heteroatoms. The van der Waals surface area contributed by atoms with E-state index in [2.05, 4.69) is 9.97 Å². The van der Waals surface area contributed by atoms with Crippen LogP contribution in [0.2, 0.25) is 0 Å². The van der Waals surface area contributed by atoms with Crippen molar-refractivity contribution in [3.8, 4) is 17.2 Å². The van der Waals surface area contributed by atoms with Gasteiger partial charge in [0.1, 0.15) is 42.0 Å². The second-order valence-corrected chi connectivity index (χ2v) is 21.2. The van der Waals surface area contributed by atoms with Gasteiger partial charge in [0.15, 0.2) is 41.5 Å². The van der Waals surface area contributed by atoms with E-state index < -0.39 is 143 Å². The molecule has 1 N–H and O–H groups in total. The maximum absolute atomic E-state index is 15.5. The van der Waals surface area contributed by atoms with E-state index in [-0.39, 0.29) is 45.2 Å². The number of pyridine rings is 2. The van der Waals surface area contributed by atoms with E-state index in [0.717, 1.165) is 47.7 Å². The van der Waals surface area contributed by atoms with Crippen molar-refractivity contribution in [2.24, 2.45) is 17.3 Å². The number of fused-ring (bicyclic) bond motifs is 5. The van der Waals surface area contributed by atoms with Gasteiger partial charge < -0.3 is 66.7 Å². The van der Waals surface area contributed by atoms with Crippen molar-refractivity contribution >= 4 is 59.8 Å². The molecule has 0 amide bonds. The van der Waals surface area contributed by atoms with Crippen LogP contribution >= 0.6 is 0 Å². The molecule has 4 aromatic rings. The number of rotatable bonds is 15. The van der Waals surface area contributed by atoms with E-state index in [1.165, 1.54) is 120 Å². The third kappa shape index (κ3) is 10.9. The maximum atomic E-state index is 15.5. The van der Waals surface area contributed by atoms with Gasteiger partial charge in [0.05, 0.1) is 61.1 Å². The van der Waals surface area contributed by atoms with Crippen molar-refractivity contribution in [2.45, 2.75) is 114 Å². The number of methoxy groups -OCH3 is 3. The first-order chi connectivity index (χ1) is 39.7. The van der Waals surface area contributed by atoms with E-state index in [1.807, 2.05) is 0 Å². The van der Waals surface area contributed by atoms with Crippen molar-refractivity contribution in [1.82, 2.24) is 9.97 Å². The molecule has 2 aromatic carbocycles. The molecule has 2 aromatic heterocycles. The monoisotopic (exact) mass is 1170 g/mol. The fourth-order valence-electron chi connectivity index (χ4n) is 11.7. The van der Waals surface area contributed by atoms with Gasteiger partial charge in [-0.2, -0.15) is 0 Å². The quantitative estimate of drug-likeness (QED) is 0.126. The first-order valence-electron chi connectivity index (χ1n) is 26.2. The van der Waals surface area contributed by atoms with Crippen molar-refractivity contribution in [3.63, 3.8) is 0 Å². The molecule has 4 heterocycles. The summed E-state index contributed by atoms with van der Waals surface area (Å²) in [6.07, 6.45) is -7.73.